The van der Waals surface area contributed by atoms with Crippen molar-refractivity contribution in [1.82, 2.24) is 9.80 Å². The quantitative estimate of drug-likeness (QED) is 0.343. The van der Waals surface area contributed by atoms with Crippen molar-refractivity contribution in [3.63, 3.8) is 0 Å². The first-order chi connectivity index (χ1) is 14.8. The maximum Gasteiger partial charge on any atom is 0.295 e. The molecule has 0 aliphatic carbocycles. The predicted octanol–water partition coefficient (Wildman–Crippen LogP) is 4.22. The molecule has 6 nitrogen and oxygen atoms in total. The summed E-state index contributed by atoms with van der Waals surface area (Å²) in [5.41, 5.74) is 1.34. The fourth-order valence-electron chi connectivity index (χ4n) is 3.49. The lowest BCUT2D eigenvalue weighted by atomic mass is 9.95. The summed E-state index contributed by atoms with van der Waals surface area (Å²) in [5.74, 6) is -0.717. The van der Waals surface area contributed by atoms with E-state index in [-0.39, 0.29) is 11.3 Å². The van der Waals surface area contributed by atoms with Gasteiger partial charge < -0.3 is 19.6 Å². The SMILES string of the molecule is CCCOc1ccc([C@H]2C(=C(O)c3ccc(Br)cc3)C(=O)C(=O)N2CCN(C)C)cc1. The molecule has 2 aromatic carbocycles. The summed E-state index contributed by atoms with van der Waals surface area (Å²) in [5, 5.41) is 11.0. The second kappa shape index (κ2) is 10.1. The monoisotopic (exact) mass is 486 g/mol. The van der Waals surface area contributed by atoms with E-state index in [1.165, 1.54) is 4.90 Å². The van der Waals surface area contributed by atoms with E-state index < -0.39 is 17.7 Å². The number of carbonyl (C=O) groups excluding carboxylic acids is 2. The van der Waals surface area contributed by atoms with Crippen LogP contribution in [0.2, 0.25) is 0 Å². The van der Waals surface area contributed by atoms with Gasteiger partial charge in [0.1, 0.15) is 11.5 Å². The fourth-order valence-corrected chi connectivity index (χ4v) is 3.76. The van der Waals surface area contributed by atoms with E-state index in [9.17, 15) is 14.7 Å². The third kappa shape index (κ3) is 5.17. The van der Waals surface area contributed by atoms with Gasteiger partial charge in [-0.2, -0.15) is 0 Å². The minimum atomic E-state index is -0.671. The summed E-state index contributed by atoms with van der Waals surface area (Å²) in [6.45, 7) is 3.62. The van der Waals surface area contributed by atoms with Gasteiger partial charge >= 0.3 is 0 Å². The van der Waals surface area contributed by atoms with Gasteiger partial charge in [0.05, 0.1) is 18.2 Å². The molecule has 0 radical (unpaired) electrons. The second-order valence-electron chi connectivity index (χ2n) is 7.72. The number of likely N-dealkylation sites (tertiary alicyclic amines) is 1. The van der Waals surface area contributed by atoms with E-state index in [0.717, 1.165) is 22.2 Å². The number of benzene rings is 2. The molecule has 1 aliphatic rings. The number of ether oxygens (including phenoxy) is 1. The molecule has 31 heavy (non-hydrogen) atoms. The Morgan fingerprint density at radius 3 is 2.32 bits per heavy atom. The highest BCUT2D eigenvalue weighted by Gasteiger charge is 2.45. The molecule has 0 unspecified atom stereocenters. The average Bonchev–Trinajstić information content (AvgIpc) is 3.01. The number of likely N-dealkylation sites (N-methyl/N-ethyl adjacent to an activating group) is 1. The Morgan fingerprint density at radius 1 is 1.10 bits per heavy atom. The molecule has 0 saturated carbocycles. The van der Waals surface area contributed by atoms with Crippen molar-refractivity contribution in [3.8, 4) is 5.75 Å². The van der Waals surface area contributed by atoms with E-state index in [2.05, 4.69) is 15.9 Å². The first-order valence-corrected chi connectivity index (χ1v) is 11.0. The van der Waals surface area contributed by atoms with Crippen LogP contribution in [0, 0.1) is 0 Å². The number of amides is 1. The molecule has 1 saturated heterocycles. The number of rotatable bonds is 8. The zero-order valence-corrected chi connectivity index (χ0v) is 19.6. The van der Waals surface area contributed by atoms with Gasteiger partial charge in [0, 0.05) is 23.1 Å². The van der Waals surface area contributed by atoms with Gasteiger partial charge in [-0.15, -0.1) is 0 Å². The minimum Gasteiger partial charge on any atom is -0.507 e. The Balaban J connectivity index is 2.06. The Hall–Kier alpha value is -2.64. The molecular weight excluding hydrogens is 460 g/mol. The molecule has 0 bridgehead atoms. The van der Waals surface area contributed by atoms with Crippen molar-refractivity contribution in [2.24, 2.45) is 0 Å². The molecule has 1 atom stereocenters. The van der Waals surface area contributed by atoms with Crippen molar-refractivity contribution in [1.29, 1.82) is 0 Å². The van der Waals surface area contributed by atoms with Gasteiger partial charge in [-0.3, -0.25) is 9.59 Å². The van der Waals surface area contributed by atoms with Gasteiger partial charge in [-0.1, -0.05) is 47.1 Å². The van der Waals surface area contributed by atoms with Gasteiger partial charge in [-0.05, 0) is 50.3 Å². The lowest BCUT2D eigenvalue weighted by Crippen LogP contribution is -2.35. The molecular formula is C24H27BrN2O4. The highest BCUT2D eigenvalue weighted by Crippen LogP contribution is 2.39. The lowest BCUT2D eigenvalue weighted by molar-refractivity contribution is -0.140. The molecule has 1 aliphatic heterocycles. The Morgan fingerprint density at radius 2 is 1.74 bits per heavy atom. The predicted molar refractivity (Wildman–Crippen MR) is 124 cm³/mol. The molecule has 164 valence electrons. The molecule has 2 aromatic rings. The number of aliphatic hydroxyl groups excluding tert-OH is 1. The van der Waals surface area contributed by atoms with E-state index in [1.807, 2.05) is 50.2 Å². The number of nitrogens with zero attached hydrogens (tertiary/aromatic N) is 2. The number of aliphatic hydroxyl groups is 1. The average molecular weight is 487 g/mol. The largest absolute Gasteiger partial charge is 0.507 e. The van der Waals surface area contributed by atoms with E-state index in [0.29, 0.717) is 25.3 Å². The van der Waals surface area contributed by atoms with Crippen LogP contribution in [0.1, 0.15) is 30.5 Å². The zero-order valence-electron chi connectivity index (χ0n) is 18.0. The third-order valence-electron chi connectivity index (χ3n) is 5.11. The second-order valence-corrected chi connectivity index (χ2v) is 8.64. The summed E-state index contributed by atoms with van der Waals surface area (Å²) in [6.07, 6.45) is 0.902. The highest BCUT2D eigenvalue weighted by atomic mass is 79.9. The summed E-state index contributed by atoms with van der Waals surface area (Å²) < 4.78 is 6.51. The van der Waals surface area contributed by atoms with Crippen LogP contribution in [-0.2, 0) is 9.59 Å². The number of carbonyl (C=O) groups is 2. The van der Waals surface area contributed by atoms with Gasteiger partial charge in [0.15, 0.2) is 0 Å². The molecule has 1 amide bonds. The molecule has 0 aromatic heterocycles. The molecule has 1 heterocycles. The van der Waals surface area contributed by atoms with E-state index in [4.69, 9.17) is 4.74 Å². The van der Waals surface area contributed by atoms with Crippen molar-refractivity contribution < 1.29 is 19.4 Å². The van der Waals surface area contributed by atoms with Gasteiger partial charge in [-0.25, -0.2) is 0 Å². The number of ketones is 1. The molecule has 1 N–H and O–H groups in total. The Labute approximate surface area is 191 Å². The van der Waals surface area contributed by atoms with Crippen molar-refractivity contribution >= 4 is 33.4 Å². The Kier molecular flexibility index (Phi) is 7.51. The normalized spacial score (nSPS) is 18.1. The standard InChI is InChI=1S/C24H27BrN2O4/c1-4-15-31-19-11-7-16(8-12-19)21-20(22(28)17-5-9-18(25)10-6-17)23(29)24(30)27(21)14-13-26(2)3/h5-12,21,28H,4,13-15H2,1-3H3/t21-/m0/s1. The van der Waals surface area contributed by atoms with Crippen LogP contribution in [0.25, 0.3) is 5.76 Å². The van der Waals surface area contributed by atoms with Crippen LogP contribution in [0.4, 0.5) is 0 Å². The van der Waals surface area contributed by atoms with Crippen molar-refractivity contribution in [2.45, 2.75) is 19.4 Å². The van der Waals surface area contributed by atoms with E-state index >= 15 is 0 Å². The molecule has 0 spiro atoms. The summed E-state index contributed by atoms with van der Waals surface area (Å²) in [4.78, 5) is 29.4. The summed E-state index contributed by atoms with van der Waals surface area (Å²) in [7, 11) is 3.82. The zero-order chi connectivity index (χ0) is 22.5. The highest BCUT2D eigenvalue weighted by molar-refractivity contribution is 9.10. The van der Waals surface area contributed by atoms with Crippen molar-refractivity contribution in [2.75, 3.05) is 33.8 Å². The topological polar surface area (TPSA) is 70.1 Å². The maximum absolute atomic E-state index is 13.0. The minimum absolute atomic E-state index is 0.105. The van der Waals surface area contributed by atoms with Gasteiger partial charge in [0.2, 0.25) is 0 Å². The number of hydrogen-bond donors (Lipinski definition) is 1. The smallest absolute Gasteiger partial charge is 0.295 e. The lowest BCUT2D eigenvalue weighted by Gasteiger charge is -2.26. The number of hydrogen-bond acceptors (Lipinski definition) is 5. The van der Waals surface area contributed by atoms with Gasteiger partial charge in [0.25, 0.3) is 11.7 Å². The molecule has 7 heteroatoms. The van der Waals surface area contributed by atoms with Crippen LogP contribution >= 0.6 is 15.9 Å². The van der Waals surface area contributed by atoms with Crippen LogP contribution in [0.5, 0.6) is 5.75 Å². The van der Waals surface area contributed by atoms with Crippen LogP contribution in [0.3, 0.4) is 0 Å². The first-order valence-electron chi connectivity index (χ1n) is 10.2. The number of Topliss-reactive ketones (excluding diaryl/α,β-unsaturated/α-hetero) is 1. The van der Waals surface area contributed by atoms with Crippen LogP contribution in [0.15, 0.2) is 58.6 Å². The van der Waals surface area contributed by atoms with Crippen molar-refractivity contribution in [3.05, 3.63) is 69.7 Å². The summed E-state index contributed by atoms with van der Waals surface area (Å²) in [6, 6.07) is 13.7. The maximum atomic E-state index is 13.0. The fraction of sp³-hybridized carbons (Fsp3) is 0.333. The molecule has 3 rings (SSSR count). The first kappa shape index (κ1) is 23.0. The number of halogens is 1. The Bertz CT molecular complexity index is 968. The summed E-state index contributed by atoms with van der Waals surface area (Å²) >= 11 is 3.37. The van der Waals surface area contributed by atoms with E-state index in [1.54, 1.807) is 24.3 Å². The van der Waals surface area contributed by atoms with Crippen LogP contribution < -0.4 is 4.74 Å². The van der Waals surface area contributed by atoms with Crippen LogP contribution in [-0.4, -0.2) is 60.4 Å². The molecule has 1 fully saturated rings. The third-order valence-corrected chi connectivity index (χ3v) is 5.64.